The summed E-state index contributed by atoms with van der Waals surface area (Å²) in [7, 11) is 0. The van der Waals surface area contributed by atoms with Crippen LogP contribution in [0.25, 0.3) is 0 Å². The van der Waals surface area contributed by atoms with Gasteiger partial charge in [-0.3, -0.25) is 4.79 Å². The van der Waals surface area contributed by atoms with Crippen molar-refractivity contribution in [3.05, 3.63) is 0 Å². The van der Waals surface area contributed by atoms with Gasteiger partial charge in [-0.1, -0.05) is 0 Å². The van der Waals surface area contributed by atoms with E-state index in [0.29, 0.717) is 25.3 Å². The Morgan fingerprint density at radius 2 is 2.00 bits per heavy atom. The number of carboxylic acids is 1. The molecule has 0 radical (unpaired) electrons. The molecule has 1 heterocycles. The van der Waals surface area contributed by atoms with Crippen LogP contribution in [0.1, 0.15) is 39.5 Å². The summed E-state index contributed by atoms with van der Waals surface area (Å²) in [6.45, 7) is 6.13. The summed E-state index contributed by atoms with van der Waals surface area (Å²) in [5, 5.41) is 9.05. The number of aliphatic carboxylic acids is 1. The molecule has 19 heavy (non-hydrogen) atoms. The van der Waals surface area contributed by atoms with Crippen LogP contribution in [-0.2, 0) is 4.79 Å². The zero-order chi connectivity index (χ0) is 14.0. The van der Waals surface area contributed by atoms with E-state index in [4.69, 9.17) is 5.11 Å². The van der Waals surface area contributed by atoms with Gasteiger partial charge in [0, 0.05) is 25.7 Å². The molecule has 0 aromatic rings. The van der Waals surface area contributed by atoms with Gasteiger partial charge in [0.15, 0.2) is 0 Å². The number of carbonyl (C=O) groups excluding carboxylic acids is 1. The molecule has 2 aliphatic rings. The third-order valence-electron chi connectivity index (χ3n) is 4.30. The second-order valence-corrected chi connectivity index (χ2v) is 5.87. The highest BCUT2D eigenvalue weighted by atomic mass is 16.4. The lowest BCUT2D eigenvalue weighted by Gasteiger charge is -2.39. The zero-order valence-electron chi connectivity index (χ0n) is 11.8. The molecule has 0 aromatic carbocycles. The SMILES string of the molecule is CCN(CC1CC1)C(=O)N1CCC(C(=O)O)CC1C. The maximum Gasteiger partial charge on any atom is 0.320 e. The van der Waals surface area contributed by atoms with Gasteiger partial charge in [0.2, 0.25) is 0 Å². The molecular formula is C14H24N2O3. The molecular weight excluding hydrogens is 244 g/mol. The van der Waals surface area contributed by atoms with Crippen molar-refractivity contribution >= 4 is 12.0 Å². The number of likely N-dealkylation sites (tertiary alicyclic amines) is 1. The number of nitrogens with zero attached hydrogens (tertiary/aromatic N) is 2. The van der Waals surface area contributed by atoms with Crippen LogP contribution in [0.3, 0.4) is 0 Å². The van der Waals surface area contributed by atoms with E-state index in [1.165, 1.54) is 12.8 Å². The number of piperidine rings is 1. The molecule has 2 amide bonds. The number of hydrogen-bond acceptors (Lipinski definition) is 2. The predicted octanol–water partition coefficient (Wildman–Crippen LogP) is 2.02. The minimum Gasteiger partial charge on any atom is -0.481 e. The molecule has 0 spiro atoms. The number of hydrogen-bond donors (Lipinski definition) is 1. The molecule has 0 bridgehead atoms. The van der Waals surface area contributed by atoms with Gasteiger partial charge in [-0.2, -0.15) is 0 Å². The molecule has 2 rings (SSSR count). The van der Waals surface area contributed by atoms with Crippen LogP contribution in [0, 0.1) is 11.8 Å². The van der Waals surface area contributed by atoms with Gasteiger partial charge in [-0.25, -0.2) is 4.79 Å². The zero-order valence-corrected chi connectivity index (χ0v) is 11.8. The minimum absolute atomic E-state index is 0.0237. The number of rotatable bonds is 4. The molecule has 2 unspecified atom stereocenters. The molecule has 108 valence electrons. The summed E-state index contributed by atoms with van der Waals surface area (Å²) >= 11 is 0. The normalized spacial score (nSPS) is 27.2. The maximum absolute atomic E-state index is 12.5. The highest BCUT2D eigenvalue weighted by molar-refractivity contribution is 5.76. The van der Waals surface area contributed by atoms with Crippen molar-refractivity contribution < 1.29 is 14.7 Å². The summed E-state index contributed by atoms with van der Waals surface area (Å²) < 4.78 is 0. The standard InChI is InChI=1S/C14H24N2O3/c1-3-15(9-11-4-5-11)14(19)16-7-6-12(13(17)18)8-10(16)2/h10-12H,3-9H2,1-2H3,(H,17,18). The van der Waals surface area contributed by atoms with Gasteiger partial charge < -0.3 is 14.9 Å². The lowest BCUT2D eigenvalue weighted by atomic mass is 9.92. The Labute approximate surface area is 114 Å². The van der Waals surface area contributed by atoms with Gasteiger partial charge in [0.1, 0.15) is 0 Å². The van der Waals surface area contributed by atoms with Gasteiger partial charge in [-0.05, 0) is 45.4 Å². The van der Waals surface area contributed by atoms with Gasteiger partial charge in [0.25, 0.3) is 0 Å². The van der Waals surface area contributed by atoms with Gasteiger partial charge >= 0.3 is 12.0 Å². The molecule has 2 atom stereocenters. The van der Waals surface area contributed by atoms with E-state index in [-0.39, 0.29) is 18.0 Å². The van der Waals surface area contributed by atoms with Crippen molar-refractivity contribution in [1.82, 2.24) is 9.80 Å². The molecule has 1 aliphatic heterocycles. The molecule has 1 saturated carbocycles. The van der Waals surface area contributed by atoms with E-state index in [0.717, 1.165) is 13.1 Å². The van der Waals surface area contributed by atoms with Crippen molar-refractivity contribution in [1.29, 1.82) is 0 Å². The highest BCUT2D eigenvalue weighted by Gasteiger charge is 2.35. The molecule has 1 aliphatic carbocycles. The summed E-state index contributed by atoms with van der Waals surface area (Å²) in [6, 6.07) is 0.112. The second-order valence-electron chi connectivity index (χ2n) is 5.87. The van der Waals surface area contributed by atoms with E-state index in [1.807, 2.05) is 23.6 Å². The second kappa shape index (κ2) is 5.80. The first kappa shape index (κ1) is 14.2. The molecule has 5 nitrogen and oxygen atoms in total. The van der Waals surface area contributed by atoms with Crippen LogP contribution in [-0.4, -0.2) is 52.6 Å². The lowest BCUT2D eigenvalue weighted by molar-refractivity contribution is -0.143. The summed E-state index contributed by atoms with van der Waals surface area (Å²) in [5.74, 6) is -0.336. The maximum atomic E-state index is 12.5. The smallest absolute Gasteiger partial charge is 0.320 e. The van der Waals surface area contributed by atoms with E-state index in [9.17, 15) is 9.59 Å². The van der Waals surface area contributed by atoms with Crippen molar-refractivity contribution in [3.8, 4) is 0 Å². The fourth-order valence-corrected chi connectivity index (χ4v) is 2.82. The first-order valence-corrected chi connectivity index (χ1v) is 7.31. The highest BCUT2D eigenvalue weighted by Crippen LogP contribution is 2.31. The number of carboxylic acid groups (broad SMARTS) is 1. The van der Waals surface area contributed by atoms with Crippen LogP contribution < -0.4 is 0 Å². The Hall–Kier alpha value is -1.26. The van der Waals surface area contributed by atoms with Crippen molar-refractivity contribution in [2.75, 3.05) is 19.6 Å². The Morgan fingerprint density at radius 1 is 1.32 bits per heavy atom. The van der Waals surface area contributed by atoms with Gasteiger partial charge in [0.05, 0.1) is 5.92 Å². The van der Waals surface area contributed by atoms with Crippen LogP contribution >= 0.6 is 0 Å². The third-order valence-corrected chi connectivity index (χ3v) is 4.30. The molecule has 5 heteroatoms. The average Bonchev–Trinajstić information content (AvgIpc) is 3.18. The topological polar surface area (TPSA) is 60.9 Å². The molecule has 2 fully saturated rings. The monoisotopic (exact) mass is 268 g/mol. The minimum atomic E-state index is -0.732. The summed E-state index contributed by atoms with van der Waals surface area (Å²) in [5.41, 5.74) is 0. The Balaban J connectivity index is 1.92. The van der Waals surface area contributed by atoms with Crippen LogP contribution in [0.4, 0.5) is 4.79 Å². The lowest BCUT2D eigenvalue weighted by Crippen LogP contribution is -2.51. The molecule has 1 N–H and O–H groups in total. The van der Waals surface area contributed by atoms with Crippen molar-refractivity contribution in [2.45, 2.75) is 45.6 Å². The van der Waals surface area contributed by atoms with Crippen LogP contribution in [0.15, 0.2) is 0 Å². The van der Waals surface area contributed by atoms with Crippen LogP contribution in [0.2, 0.25) is 0 Å². The fourth-order valence-electron chi connectivity index (χ4n) is 2.82. The Bertz CT molecular complexity index is 355. The van der Waals surface area contributed by atoms with E-state index in [2.05, 4.69) is 0 Å². The van der Waals surface area contributed by atoms with E-state index in [1.54, 1.807) is 0 Å². The first-order chi connectivity index (χ1) is 9.02. The number of amides is 2. The summed E-state index contributed by atoms with van der Waals surface area (Å²) in [4.78, 5) is 27.3. The largest absolute Gasteiger partial charge is 0.481 e. The fraction of sp³-hybridized carbons (Fsp3) is 0.857. The Kier molecular flexibility index (Phi) is 4.32. The third kappa shape index (κ3) is 3.39. The average molecular weight is 268 g/mol. The van der Waals surface area contributed by atoms with Crippen LogP contribution in [0.5, 0.6) is 0 Å². The Morgan fingerprint density at radius 3 is 2.47 bits per heavy atom. The molecule has 1 saturated heterocycles. The predicted molar refractivity (Wildman–Crippen MR) is 71.9 cm³/mol. The van der Waals surface area contributed by atoms with E-state index >= 15 is 0 Å². The van der Waals surface area contributed by atoms with Crippen molar-refractivity contribution in [2.24, 2.45) is 11.8 Å². The number of urea groups is 1. The first-order valence-electron chi connectivity index (χ1n) is 7.31. The quantitative estimate of drug-likeness (QED) is 0.848. The number of carbonyl (C=O) groups is 2. The van der Waals surface area contributed by atoms with Gasteiger partial charge in [-0.15, -0.1) is 0 Å². The molecule has 0 aromatic heterocycles. The summed E-state index contributed by atoms with van der Waals surface area (Å²) in [6.07, 6.45) is 3.62. The van der Waals surface area contributed by atoms with E-state index < -0.39 is 5.97 Å². The van der Waals surface area contributed by atoms with Crippen molar-refractivity contribution in [3.63, 3.8) is 0 Å².